The molecule has 2 aromatic carbocycles. The number of carbonyl (C=O) groups is 1. The number of methoxy groups -OCH3 is 1. The minimum Gasteiger partial charge on any atom is -0.497 e. The normalized spacial score (nSPS) is 11.6. The average molecular weight is 299 g/mol. The molecule has 0 aliphatic heterocycles. The summed E-state index contributed by atoms with van der Waals surface area (Å²) in [6.07, 6.45) is 0.0536. The third-order valence-electron chi connectivity index (χ3n) is 3.30. The van der Waals surface area contributed by atoms with Gasteiger partial charge in [0.1, 0.15) is 11.5 Å². The minimum absolute atomic E-state index is 0.170. The van der Waals surface area contributed by atoms with Crippen LogP contribution < -0.4 is 14.8 Å². The van der Waals surface area contributed by atoms with E-state index in [1.165, 1.54) is 0 Å². The Morgan fingerprint density at radius 2 is 1.86 bits per heavy atom. The molecule has 0 aliphatic carbocycles. The number of hydrogen-bond acceptors (Lipinski definition) is 3. The van der Waals surface area contributed by atoms with Crippen LogP contribution in [0.15, 0.2) is 48.5 Å². The number of anilines is 1. The number of rotatable bonds is 6. The maximum absolute atomic E-state index is 12.3. The monoisotopic (exact) mass is 299 g/mol. The number of nitrogens with one attached hydrogen (secondary N) is 1. The fourth-order valence-electron chi connectivity index (χ4n) is 2.03. The molecule has 1 atom stereocenters. The van der Waals surface area contributed by atoms with E-state index in [1.807, 2.05) is 56.3 Å². The summed E-state index contributed by atoms with van der Waals surface area (Å²) in [6.45, 7) is 3.93. The summed E-state index contributed by atoms with van der Waals surface area (Å²) in [6, 6.07) is 14.9. The molecule has 1 N–H and O–H groups in total. The zero-order valence-corrected chi connectivity index (χ0v) is 13.1. The van der Waals surface area contributed by atoms with Crippen LogP contribution in [0.5, 0.6) is 11.5 Å². The van der Waals surface area contributed by atoms with Gasteiger partial charge in [-0.2, -0.15) is 0 Å². The van der Waals surface area contributed by atoms with Crippen molar-refractivity contribution in [3.8, 4) is 11.5 Å². The molecule has 0 aliphatic rings. The zero-order chi connectivity index (χ0) is 15.9. The van der Waals surface area contributed by atoms with Crippen LogP contribution in [-0.4, -0.2) is 19.1 Å². The van der Waals surface area contributed by atoms with Crippen molar-refractivity contribution in [1.29, 1.82) is 0 Å². The molecule has 4 heteroatoms. The lowest BCUT2D eigenvalue weighted by atomic mass is 10.2. The maximum Gasteiger partial charge on any atom is 0.265 e. The predicted octanol–water partition coefficient (Wildman–Crippen LogP) is 3.80. The van der Waals surface area contributed by atoms with Crippen LogP contribution in [0.2, 0.25) is 0 Å². The van der Waals surface area contributed by atoms with Crippen LogP contribution in [-0.2, 0) is 4.79 Å². The molecular formula is C18H21NO3. The first-order chi connectivity index (χ1) is 10.6. The lowest BCUT2D eigenvalue weighted by Crippen LogP contribution is -2.32. The summed E-state index contributed by atoms with van der Waals surface area (Å²) >= 11 is 0. The van der Waals surface area contributed by atoms with Gasteiger partial charge in [0, 0.05) is 11.8 Å². The molecule has 0 fully saturated rings. The van der Waals surface area contributed by atoms with E-state index in [2.05, 4.69) is 5.32 Å². The van der Waals surface area contributed by atoms with Crippen LogP contribution in [0.1, 0.15) is 18.9 Å². The highest BCUT2D eigenvalue weighted by Crippen LogP contribution is 2.19. The highest BCUT2D eigenvalue weighted by molar-refractivity contribution is 5.94. The summed E-state index contributed by atoms with van der Waals surface area (Å²) in [5.41, 5.74) is 1.84. The fourth-order valence-corrected chi connectivity index (χ4v) is 2.03. The Morgan fingerprint density at radius 1 is 1.14 bits per heavy atom. The molecular weight excluding hydrogens is 278 g/mol. The lowest BCUT2D eigenvalue weighted by Gasteiger charge is -2.17. The van der Waals surface area contributed by atoms with Crippen molar-refractivity contribution in [2.75, 3.05) is 12.4 Å². The van der Waals surface area contributed by atoms with Crippen LogP contribution in [0.25, 0.3) is 0 Å². The smallest absolute Gasteiger partial charge is 0.265 e. The van der Waals surface area contributed by atoms with E-state index in [9.17, 15) is 4.79 Å². The third-order valence-corrected chi connectivity index (χ3v) is 3.30. The SMILES string of the molecule is CCC(Oc1ccc(C)cc1)C(=O)Nc1cccc(OC)c1. The van der Waals surface area contributed by atoms with Crippen LogP contribution in [0.4, 0.5) is 5.69 Å². The van der Waals surface area contributed by atoms with Crippen LogP contribution in [0, 0.1) is 6.92 Å². The number of hydrogen-bond donors (Lipinski definition) is 1. The van der Waals surface area contributed by atoms with Crippen LogP contribution >= 0.6 is 0 Å². The van der Waals surface area contributed by atoms with E-state index in [0.29, 0.717) is 23.6 Å². The number of benzene rings is 2. The minimum atomic E-state index is -0.533. The number of carbonyl (C=O) groups excluding carboxylic acids is 1. The molecule has 4 nitrogen and oxygen atoms in total. The van der Waals surface area contributed by atoms with Gasteiger partial charge in [0.25, 0.3) is 5.91 Å². The van der Waals surface area contributed by atoms with Gasteiger partial charge in [-0.15, -0.1) is 0 Å². The molecule has 0 radical (unpaired) electrons. The Balaban J connectivity index is 2.03. The molecule has 22 heavy (non-hydrogen) atoms. The average Bonchev–Trinajstić information content (AvgIpc) is 2.54. The highest BCUT2D eigenvalue weighted by atomic mass is 16.5. The summed E-state index contributed by atoms with van der Waals surface area (Å²) in [5, 5.41) is 2.86. The van der Waals surface area contributed by atoms with E-state index in [0.717, 1.165) is 5.56 Å². The first-order valence-electron chi connectivity index (χ1n) is 7.30. The molecule has 116 valence electrons. The largest absolute Gasteiger partial charge is 0.497 e. The van der Waals surface area contributed by atoms with Gasteiger partial charge in [0.2, 0.25) is 0 Å². The van der Waals surface area contributed by atoms with Crippen molar-refractivity contribution in [1.82, 2.24) is 0 Å². The van der Waals surface area contributed by atoms with Crippen LogP contribution in [0.3, 0.4) is 0 Å². The van der Waals surface area contributed by atoms with Crippen molar-refractivity contribution < 1.29 is 14.3 Å². The predicted molar refractivity (Wildman–Crippen MR) is 87.5 cm³/mol. The maximum atomic E-state index is 12.3. The summed E-state index contributed by atoms with van der Waals surface area (Å²) in [7, 11) is 1.59. The second-order valence-electron chi connectivity index (χ2n) is 5.05. The quantitative estimate of drug-likeness (QED) is 0.882. The summed E-state index contributed by atoms with van der Waals surface area (Å²) < 4.78 is 10.9. The highest BCUT2D eigenvalue weighted by Gasteiger charge is 2.18. The van der Waals surface area contributed by atoms with Gasteiger partial charge in [-0.1, -0.05) is 30.7 Å². The zero-order valence-electron chi connectivity index (χ0n) is 13.1. The molecule has 2 rings (SSSR count). The van der Waals surface area contributed by atoms with Crippen molar-refractivity contribution >= 4 is 11.6 Å². The van der Waals surface area contributed by atoms with Gasteiger partial charge in [-0.25, -0.2) is 0 Å². The molecule has 0 heterocycles. The number of amides is 1. The van der Waals surface area contributed by atoms with Gasteiger partial charge >= 0.3 is 0 Å². The summed E-state index contributed by atoms with van der Waals surface area (Å²) in [4.78, 5) is 12.3. The number of ether oxygens (including phenoxy) is 2. The Morgan fingerprint density at radius 3 is 2.50 bits per heavy atom. The third kappa shape index (κ3) is 4.25. The van der Waals surface area contributed by atoms with Crippen molar-refractivity contribution in [2.24, 2.45) is 0 Å². The lowest BCUT2D eigenvalue weighted by molar-refractivity contribution is -0.122. The van der Waals surface area contributed by atoms with E-state index in [4.69, 9.17) is 9.47 Å². The van der Waals surface area contributed by atoms with E-state index < -0.39 is 6.10 Å². The molecule has 0 saturated carbocycles. The Labute approximate surface area is 131 Å². The molecule has 1 amide bonds. The van der Waals surface area contributed by atoms with Gasteiger partial charge < -0.3 is 14.8 Å². The Kier molecular flexibility index (Phi) is 5.42. The molecule has 2 aromatic rings. The molecule has 0 bridgehead atoms. The molecule has 1 unspecified atom stereocenters. The van der Waals surface area contributed by atoms with E-state index in [1.54, 1.807) is 13.2 Å². The molecule has 0 saturated heterocycles. The standard InChI is InChI=1S/C18H21NO3/c1-4-17(22-15-10-8-13(2)9-11-15)18(20)19-14-6-5-7-16(12-14)21-3/h5-12,17H,4H2,1-3H3,(H,19,20). The second-order valence-corrected chi connectivity index (χ2v) is 5.05. The van der Waals surface area contributed by atoms with E-state index in [-0.39, 0.29) is 5.91 Å². The van der Waals surface area contributed by atoms with Gasteiger partial charge in [-0.05, 0) is 37.6 Å². The first kappa shape index (κ1) is 15.9. The first-order valence-corrected chi connectivity index (χ1v) is 7.30. The fraction of sp³-hybridized carbons (Fsp3) is 0.278. The van der Waals surface area contributed by atoms with Crippen molar-refractivity contribution in [2.45, 2.75) is 26.4 Å². The second kappa shape index (κ2) is 7.50. The summed E-state index contributed by atoms with van der Waals surface area (Å²) in [5.74, 6) is 1.22. The van der Waals surface area contributed by atoms with Crippen molar-refractivity contribution in [3.63, 3.8) is 0 Å². The van der Waals surface area contributed by atoms with Crippen molar-refractivity contribution in [3.05, 3.63) is 54.1 Å². The number of aryl methyl sites for hydroxylation is 1. The Bertz CT molecular complexity index is 622. The molecule has 0 spiro atoms. The van der Waals surface area contributed by atoms with Gasteiger partial charge in [-0.3, -0.25) is 4.79 Å². The Hall–Kier alpha value is -2.49. The van der Waals surface area contributed by atoms with E-state index >= 15 is 0 Å². The van der Waals surface area contributed by atoms with Gasteiger partial charge in [0.15, 0.2) is 6.10 Å². The molecule has 0 aromatic heterocycles. The van der Waals surface area contributed by atoms with Gasteiger partial charge in [0.05, 0.1) is 7.11 Å². The topological polar surface area (TPSA) is 47.6 Å².